The van der Waals surface area contributed by atoms with Gasteiger partial charge in [0.05, 0.1) is 11.0 Å². The smallest absolute Gasteiger partial charge is 0.311 e. The number of benzene rings is 1. The molecule has 1 aromatic carbocycles. The summed E-state index contributed by atoms with van der Waals surface area (Å²) in [4.78, 5) is 14.8. The molecular formula is C15H16N4O2. The molecule has 0 spiro atoms. The van der Waals surface area contributed by atoms with Gasteiger partial charge in [0.15, 0.2) is 0 Å². The predicted octanol–water partition coefficient (Wildman–Crippen LogP) is 3.06. The third-order valence-corrected chi connectivity index (χ3v) is 3.77. The van der Waals surface area contributed by atoms with Crippen LogP contribution in [0.2, 0.25) is 0 Å². The van der Waals surface area contributed by atoms with E-state index in [0.717, 1.165) is 19.3 Å². The van der Waals surface area contributed by atoms with E-state index in [1.807, 2.05) is 12.1 Å². The summed E-state index contributed by atoms with van der Waals surface area (Å²) in [6.07, 6.45) is 3.01. The normalized spacial score (nSPS) is 17.0. The van der Waals surface area contributed by atoms with E-state index in [-0.39, 0.29) is 23.4 Å². The molecule has 0 amide bonds. The van der Waals surface area contributed by atoms with Crippen molar-refractivity contribution in [3.63, 3.8) is 0 Å². The first-order valence-corrected chi connectivity index (χ1v) is 6.90. The van der Waals surface area contributed by atoms with Crippen LogP contribution in [0.25, 0.3) is 0 Å². The molecule has 3 rings (SSSR count). The van der Waals surface area contributed by atoms with Gasteiger partial charge in [-0.3, -0.25) is 10.1 Å². The van der Waals surface area contributed by atoms with E-state index in [1.165, 1.54) is 23.3 Å². The van der Waals surface area contributed by atoms with Gasteiger partial charge < -0.3 is 11.1 Å². The maximum atomic E-state index is 11.1. The molecular weight excluding hydrogens is 268 g/mol. The van der Waals surface area contributed by atoms with Crippen LogP contribution in [0.5, 0.6) is 0 Å². The van der Waals surface area contributed by atoms with Crippen LogP contribution in [0, 0.1) is 10.1 Å². The molecule has 1 unspecified atom stereocenters. The van der Waals surface area contributed by atoms with Gasteiger partial charge in [-0.05, 0) is 36.5 Å². The zero-order valence-corrected chi connectivity index (χ0v) is 11.5. The molecule has 0 fully saturated rings. The fourth-order valence-electron chi connectivity index (χ4n) is 2.79. The number of hydrogen-bond acceptors (Lipinski definition) is 5. The van der Waals surface area contributed by atoms with Crippen molar-refractivity contribution in [2.24, 2.45) is 0 Å². The van der Waals surface area contributed by atoms with Gasteiger partial charge in [0.1, 0.15) is 5.82 Å². The number of nitrogen functional groups attached to an aromatic ring is 1. The molecule has 108 valence electrons. The van der Waals surface area contributed by atoms with Crippen molar-refractivity contribution in [3.8, 4) is 0 Å². The third-order valence-electron chi connectivity index (χ3n) is 3.77. The molecule has 21 heavy (non-hydrogen) atoms. The van der Waals surface area contributed by atoms with Gasteiger partial charge in [-0.1, -0.05) is 24.3 Å². The Bertz CT molecular complexity index is 687. The highest BCUT2D eigenvalue weighted by molar-refractivity contribution is 5.60. The third kappa shape index (κ3) is 2.65. The molecule has 6 heteroatoms. The lowest BCUT2D eigenvalue weighted by atomic mass is 9.88. The van der Waals surface area contributed by atoms with Crippen LogP contribution in [0.4, 0.5) is 17.3 Å². The molecule has 2 aromatic rings. The highest BCUT2D eigenvalue weighted by Crippen LogP contribution is 2.34. The number of aryl methyl sites for hydroxylation is 1. The van der Waals surface area contributed by atoms with Gasteiger partial charge in [-0.2, -0.15) is 0 Å². The van der Waals surface area contributed by atoms with Gasteiger partial charge >= 0.3 is 5.69 Å². The summed E-state index contributed by atoms with van der Waals surface area (Å²) >= 11 is 0. The van der Waals surface area contributed by atoms with Crippen LogP contribution in [0.15, 0.2) is 36.4 Å². The predicted molar refractivity (Wildman–Crippen MR) is 81.0 cm³/mol. The molecule has 1 atom stereocenters. The first kappa shape index (κ1) is 13.4. The Balaban J connectivity index is 1.95. The van der Waals surface area contributed by atoms with Crippen molar-refractivity contribution in [3.05, 3.63) is 57.6 Å². The second kappa shape index (κ2) is 5.40. The molecule has 3 N–H and O–H groups in total. The van der Waals surface area contributed by atoms with Crippen LogP contribution in [0.1, 0.15) is 30.0 Å². The number of nitrogens with zero attached hydrogens (tertiary/aromatic N) is 2. The number of hydrogen-bond donors (Lipinski definition) is 2. The molecule has 0 radical (unpaired) electrons. The van der Waals surface area contributed by atoms with E-state index in [9.17, 15) is 10.1 Å². The van der Waals surface area contributed by atoms with Gasteiger partial charge in [-0.25, -0.2) is 4.98 Å². The molecule has 1 aliphatic rings. The van der Waals surface area contributed by atoms with Gasteiger partial charge in [0.2, 0.25) is 5.82 Å². The molecule has 6 nitrogen and oxygen atoms in total. The number of fused-ring (bicyclic) bond motifs is 1. The zero-order chi connectivity index (χ0) is 14.8. The van der Waals surface area contributed by atoms with Crippen LogP contribution in [-0.4, -0.2) is 9.91 Å². The highest BCUT2D eigenvalue weighted by Gasteiger charge is 2.23. The van der Waals surface area contributed by atoms with Crippen molar-refractivity contribution in [1.82, 2.24) is 4.98 Å². The van der Waals surface area contributed by atoms with E-state index < -0.39 is 4.92 Å². The molecule has 0 aliphatic heterocycles. The zero-order valence-electron chi connectivity index (χ0n) is 11.5. The molecule has 0 saturated heterocycles. The van der Waals surface area contributed by atoms with Crippen molar-refractivity contribution in [2.75, 3.05) is 11.1 Å². The van der Waals surface area contributed by atoms with Gasteiger partial charge in [-0.15, -0.1) is 0 Å². The number of anilines is 2. The van der Waals surface area contributed by atoms with Crippen molar-refractivity contribution in [2.45, 2.75) is 25.3 Å². The second-order valence-corrected chi connectivity index (χ2v) is 5.15. The summed E-state index contributed by atoms with van der Waals surface area (Å²) < 4.78 is 0. The molecule has 0 bridgehead atoms. The van der Waals surface area contributed by atoms with Gasteiger partial charge in [0.25, 0.3) is 0 Å². The van der Waals surface area contributed by atoms with E-state index in [1.54, 1.807) is 0 Å². The second-order valence-electron chi connectivity index (χ2n) is 5.15. The summed E-state index contributed by atoms with van der Waals surface area (Å²) in [7, 11) is 0. The Kier molecular flexibility index (Phi) is 3.43. The quantitative estimate of drug-likeness (QED) is 0.667. The highest BCUT2D eigenvalue weighted by atomic mass is 16.6. The first-order valence-electron chi connectivity index (χ1n) is 6.90. The van der Waals surface area contributed by atoms with E-state index >= 15 is 0 Å². The SMILES string of the molecule is Nc1ccc([N+](=O)[O-])c(NC2CCCc3ccccc32)n1. The maximum absolute atomic E-state index is 11.1. The monoisotopic (exact) mass is 284 g/mol. The van der Waals surface area contributed by atoms with E-state index in [2.05, 4.69) is 22.4 Å². The fraction of sp³-hybridized carbons (Fsp3) is 0.267. The minimum absolute atomic E-state index is 0.0305. The average molecular weight is 284 g/mol. The fourth-order valence-corrected chi connectivity index (χ4v) is 2.79. The molecule has 1 heterocycles. The summed E-state index contributed by atoms with van der Waals surface area (Å²) in [6.45, 7) is 0. The van der Waals surface area contributed by atoms with E-state index in [4.69, 9.17) is 5.73 Å². The first-order chi connectivity index (χ1) is 10.1. The van der Waals surface area contributed by atoms with Crippen LogP contribution in [-0.2, 0) is 6.42 Å². The van der Waals surface area contributed by atoms with Crippen LogP contribution in [0.3, 0.4) is 0 Å². The lowest BCUT2D eigenvalue weighted by Gasteiger charge is -2.26. The van der Waals surface area contributed by atoms with Crippen molar-refractivity contribution < 1.29 is 4.92 Å². The topological polar surface area (TPSA) is 94.1 Å². The number of pyridine rings is 1. The Morgan fingerprint density at radius 3 is 2.90 bits per heavy atom. The Hall–Kier alpha value is -2.63. The summed E-state index contributed by atoms with van der Waals surface area (Å²) in [5, 5.41) is 14.3. The van der Waals surface area contributed by atoms with Crippen molar-refractivity contribution >= 4 is 17.3 Å². The molecule has 0 saturated carbocycles. The number of nitrogens with one attached hydrogen (secondary N) is 1. The van der Waals surface area contributed by atoms with Gasteiger partial charge in [0, 0.05) is 6.07 Å². The minimum Gasteiger partial charge on any atom is -0.384 e. The van der Waals surface area contributed by atoms with Crippen LogP contribution < -0.4 is 11.1 Å². The number of nitrogens with two attached hydrogens (primary N) is 1. The molecule has 1 aromatic heterocycles. The Morgan fingerprint density at radius 2 is 2.10 bits per heavy atom. The Labute approximate surface area is 122 Å². The standard InChI is InChI=1S/C15H16N4O2/c16-14-9-8-13(19(20)21)15(18-14)17-12-7-3-5-10-4-1-2-6-11(10)12/h1-2,4,6,8-9,12H,3,5,7H2,(H3,16,17,18). The lowest BCUT2D eigenvalue weighted by molar-refractivity contribution is -0.384. The van der Waals surface area contributed by atoms with Crippen molar-refractivity contribution in [1.29, 1.82) is 0 Å². The van der Waals surface area contributed by atoms with E-state index in [0.29, 0.717) is 0 Å². The molecule has 1 aliphatic carbocycles. The number of rotatable bonds is 3. The van der Waals surface area contributed by atoms with Crippen LogP contribution >= 0.6 is 0 Å². The number of aromatic nitrogens is 1. The summed E-state index contributed by atoms with van der Waals surface area (Å²) in [5.41, 5.74) is 8.07. The summed E-state index contributed by atoms with van der Waals surface area (Å²) in [6, 6.07) is 11.0. The number of nitro groups is 1. The lowest BCUT2D eigenvalue weighted by Crippen LogP contribution is -2.18. The summed E-state index contributed by atoms with van der Waals surface area (Å²) in [5.74, 6) is 0.508. The minimum atomic E-state index is -0.441. The largest absolute Gasteiger partial charge is 0.384 e. The average Bonchev–Trinajstić information content (AvgIpc) is 2.47. The Morgan fingerprint density at radius 1 is 1.29 bits per heavy atom. The maximum Gasteiger partial charge on any atom is 0.311 e.